The third-order valence-electron chi connectivity index (χ3n) is 4.25. The average molecular weight is 303 g/mol. The highest BCUT2D eigenvalue weighted by Gasteiger charge is 2.47. The number of amides is 1. The Labute approximate surface area is 126 Å². The van der Waals surface area contributed by atoms with Crippen LogP contribution in [-0.2, 0) is 20.7 Å². The molecule has 1 amide bonds. The van der Waals surface area contributed by atoms with E-state index < -0.39 is 6.10 Å². The van der Waals surface area contributed by atoms with E-state index in [0.717, 1.165) is 16.6 Å². The van der Waals surface area contributed by atoms with Crippen LogP contribution in [0.2, 0.25) is 0 Å². The first kappa shape index (κ1) is 13.7. The highest BCUT2D eigenvalue weighted by molar-refractivity contribution is 5.87. The number of para-hydroxylation sites is 1. The van der Waals surface area contributed by atoms with E-state index in [1.807, 2.05) is 24.3 Å². The molecule has 7 heteroatoms. The summed E-state index contributed by atoms with van der Waals surface area (Å²) in [6, 6.07) is 7.45. The quantitative estimate of drug-likeness (QED) is 0.726. The standard InChI is InChI=1S/C15H17N3O4/c19-12-7-22-14-11(6-21-15(12)14)16-13(20)5-10-8-3-1-2-4-9(8)17-18-10/h1-4,11-12,14-15,19H,5-7H2,(H,16,20)(H,17,18)/t11-,12-,14-,15-/m1/s1. The van der Waals surface area contributed by atoms with Crippen LogP contribution in [0.1, 0.15) is 5.69 Å². The van der Waals surface area contributed by atoms with Gasteiger partial charge in [0.25, 0.3) is 0 Å². The Morgan fingerprint density at radius 3 is 3.05 bits per heavy atom. The fraction of sp³-hybridized carbons (Fsp3) is 0.467. The van der Waals surface area contributed by atoms with Gasteiger partial charge in [0.1, 0.15) is 18.3 Å². The molecule has 4 atom stereocenters. The molecule has 2 aliphatic heterocycles. The summed E-state index contributed by atoms with van der Waals surface area (Å²) in [7, 11) is 0. The first-order chi connectivity index (χ1) is 10.7. The van der Waals surface area contributed by atoms with Crippen LogP contribution in [0.4, 0.5) is 0 Å². The summed E-state index contributed by atoms with van der Waals surface area (Å²) in [5, 5.41) is 20.7. The molecule has 2 aliphatic rings. The van der Waals surface area contributed by atoms with Gasteiger partial charge in [0.2, 0.25) is 5.91 Å². The molecule has 116 valence electrons. The molecule has 0 unspecified atom stereocenters. The fourth-order valence-electron chi connectivity index (χ4n) is 3.17. The van der Waals surface area contributed by atoms with E-state index >= 15 is 0 Å². The lowest BCUT2D eigenvalue weighted by Gasteiger charge is -2.17. The van der Waals surface area contributed by atoms with Gasteiger partial charge in [0, 0.05) is 5.39 Å². The van der Waals surface area contributed by atoms with E-state index in [4.69, 9.17) is 9.47 Å². The van der Waals surface area contributed by atoms with Crippen molar-refractivity contribution in [2.24, 2.45) is 0 Å². The van der Waals surface area contributed by atoms with Gasteiger partial charge in [-0.2, -0.15) is 5.10 Å². The lowest BCUT2D eigenvalue weighted by molar-refractivity contribution is -0.121. The molecule has 2 saturated heterocycles. The average Bonchev–Trinajstić information content (AvgIpc) is 3.19. The maximum absolute atomic E-state index is 12.2. The number of aromatic amines is 1. The summed E-state index contributed by atoms with van der Waals surface area (Å²) in [5.41, 5.74) is 1.63. The van der Waals surface area contributed by atoms with Gasteiger partial charge in [0.15, 0.2) is 0 Å². The number of fused-ring (bicyclic) bond motifs is 2. The zero-order chi connectivity index (χ0) is 15.1. The predicted octanol–water partition coefficient (Wildman–Crippen LogP) is -0.251. The fourth-order valence-corrected chi connectivity index (χ4v) is 3.17. The van der Waals surface area contributed by atoms with Gasteiger partial charge in [-0.3, -0.25) is 9.89 Å². The van der Waals surface area contributed by atoms with Crippen molar-refractivity contribution in [1.29, 1.82) is 0 Å². The number of H-pyrrole nitrogens is 1. The number of nitrogens with one attached hydrogen (secondary N) is 2. The van der Waals surface area contributed by atoms with E-state index in [1.54, 1.807) is 0 Å². The third-order valence-corrected chi connectivity index (χ3v) is 4.25. The Hall–Kier alpha value is -1.96. The molecule has 2 aromatic rings. The zero-order valence-electron chi connectivity index (χ0n) is 11.9. The van der Waals surface area contributed by atoms with Crippen molar-refractivity contribution in [1.82, 2.24) is 15.5 Å². The van der Waals surface area contributed by atoms with E-state index in [1.165, 1.54) is 0 Å². The second-order valence-electron chi connectivity index (χ2n) is 5.73. The maximum atomic E-state index is 12.2. The number of aliphatic hydroxyl groups excluding tert-OH is 1. The summed E-state index contributed by atoms with van der Waals surface area (Å²) in [6.07, 6.45) is -0.990. The third kappa shape index (κ3) is 2.27. The lowest BCUT2D eigenvalue weighted by atomic mass is 10.1. The van der Waals surface area contributed by atoms with Crippen molar-refractivity contribution in [2.75, 3.05) is 13.2 Å². The molecule has 0 spiro atoms. The summed E-state index contributed by atoms with van der Waals surface area (Å²) >= 11 is 0. The number of benzene rings is 1. The summed E-state index contributed by atoms with van der Waals surface area (Å²) in [6.45, 7) is 0.620. The minimum atomic E-state index is -0.608. The number of rotatable bonds is 3. The monoisotopic (exact) mass is 303 g/mol. The molecule has 3 N–H and O–H groups in total. The molecule has 1 aromatic heterocycles. The van der Waals surface area contributed by atoms with E-state index in [9.17, 15) is 9.90 Å². The zero-order valence-corrected chi connectivity index (χ0v) is 11.9. The number of carbonyl (C=O) groups excluding carboxylic acids is 1. The molecule has 0 bridgehead atoms. The van der Waals surface area contributed by atoms with Gasteiger partial charge in [-0.1, -0.05) is 18.2 Å². The van der Waals surface area contributed by atoms with E-state index in [2.05, 4.69) is 15.5 Å². The first-order valence-corrected chi connectivity index (χ1v) is 7.35. The van der Waals surface area contributed by atoms with Crippen LogP contribution in [0.3, 0.4) is 0 Å². The molecule has 0 aliphatic carbocycles. The Bertz CT molecular complexity index is 701. The van der Waals surface area contributed by atoms with Gasteiger partial charge in [0.05, 0.1) is 36.9 Å². The molecular formula is C15H17N3O4. The van der Waals surface area contributed by atoms with E-state index in [-0.39, 0.29) is 37.2 Å². The number of hydrogen-bond acceptors (Lipinski definition) is 5. The van der Waals surface area contributed by atoms with Gasteiger partial charge in [-0.05, 0) is 6.07 Å². The molecule has 7 nitrogen and oxygen atoms in total. The lowest BCUT2D eigenvalue weighted by Crippen LogP contribution is -2.44. The first-order valence-electron chi connectivity index (χ1n) is 7.35. The highest BCUT2D eigenvalue weighted by atomic mass is 16.6. The molecule has 22 heavy (non-hydrogen) atoms. The van der Waals surface area contributed by atoms with Crippen LogP contribution in [-0.4, -0.2) is 58.8 Å². The molecule has 3 heterocycles. The van der Waals surface area contributed by atoms with Crippen molar-refractivity contribution in [3.63, 3.8) is 0 Å². The van der Waals surface area contributed by atoms with Crippen LogP contribution < -0.4 is 5.32 Å². The van der Waals surface area contributed by atoms with Gasteiger partial charge >= 0.3 is 0 Å². The Kier molecular flexibility index (Phi) is 3.33. The van der Waals surface area contributed by atoms with Crippen molar-refractivity contribution >= 4 is 16.8 Å². The predicted molar refractivity (Wildman–Crippen MR) is 77.2 cm³/mol. The van der Waals surface area contributed by atoms with Crippen molar-refractivity contribution in [2.45, 2.75) is 30.8 Å². The minimum absolute atomic E-state index is 0.117. The van der Waals surface area contributed by atoms with Gasteiger partial charge in [-0.15, -0.1) is 0 Å². The molecule has 0 radical (unpaired) electrons. The minimum Gasteiger partial charge on any atom is -0.388 e. The summed E-state index contributed by atoms with van der Waals surface area (Å²) in [5.74, 6) is -0.117. The van der Waals surface area contributed by atoms with Crippen molar-refractivity contribution in [3.8, 4) is 0 Å². The second-order valence-corrected chi connectivity index (χ2v) is 5.73. The SMILES string of the molecule is O=C(Cc1[nH]nc2ccccc12)N[C@@H]1CO[C@H]2[C@@H]1OC[C@H]2O. The number of ether oxygens (including phenoxy) is 2. The Morgan fingerprint density at radius 1 is 1.32 bits per heavy atom. The van der Waals surface area contributed by atoms with Gasteiger partial charge < -0.3 is 19.9 Å². The molecule has 2 fully saturated rings. The number of aromatic nitrogens is 2. The molecule has 4 rings (SSSR count). The van der Waals surface area contributed by atoms with Crippen LogP contribution in [0.15, 0.2) is 24.3 Å². The number of aliphatic hydroxyl groups is 1. The van der Waals surface area contributed by atoms with Gasteiger partial charge in [-0.25, -0.2) is 0 Å². The van der Waals surface area contributed by atoms with Crippen molar-refractivity contribution in [3.05, 3.63) is 30.0 Å². The van der Waals surface area contributed by atoms with Crippen molar-refractivity contribution < 1.29 is 19.4 Å². The van der Waals surface area contributed by atoms with Crippen LogP contribution in [0.25, 0.3) is 10.9 Å². The topological polar surface area (TPSA) is 96.5 Å². The van der Waals surface area contributed by atoms with Crippen LogP contribution >= 0.6 is 0 Å². The summed E-state index contributed by atoms with van der Waals surface area (Å²) in [4.78, 5) is 12.2. The van der Waals surface area contributed by atoms with E-state index in [0.29, 0.717) is 6.61 Å². The largest absolute Gasteiger partial charge is 0.388 e. The Balaban J connectivity index is 1.43. The van der Waals surface area contributed by atoms with Crippen LogP contribution in [0, 0.1) is 0 Å². The number of nitrogens with zero attached hydrogens (tertiary/aromatic N) is 1. The Morgan fingerprint density at radius 2 is 2.14 bits per heavy atom. The smallest absolute Gasteiger partial charge is 0.226 e. The molecule has 0 saturated carbocycles. The number of hydrogen-bond donors (Lipinski definition) is 3. The summed E-state index contributed by atoms with van der Waals surface area (Å²) < 4.78 is 11.0. The molecular weight excluding hydrogens is 286 g/mol. The second kappa shape index (κ2) is 5.35. The highest BCUT2D eigenvalue weighted by Crippen LogP contribution is 2.27. The normalized spacial score (nSPS) is 30.6. The molecule has 1 aromatic carbocycles. The van der Waals surface area contributed by atoms with Crippen LogP contribution in [0.5, 0.6) is 0 Å². The maximum Gasteiger partial charge on any atom is 0.226 e. The number of carbonyl (C=O) groups is 1.